The summed E-state index contributed by atoms with van der Waals surface area (Å²) in [5.41, 5.74) is -1.24. The minimum atomic E-state index is -1.36. The van der Waals surface area contributed by atoms with E-state index in [2.05, 4.69) is 5.92 Å². The number of aliphatic hydroxyl groups is 1. The van der Waals surface area contributed by atoms with Crippen LogP contribution in [0.3, 0.4) is 0 Å². The first-order chi connectivity index (χ1) is 8.76. The maximum absolute atomic E-state index is 10.7. The Morgan fingerprint density at radius 1 is 1.37 bits per heavy atom. The van der Waals surface area contributed by atoms with Crippen molar-refractivity contribution in [3.05, 3.63) is 28.8 Å². The molecule has 0 aliphatic rings. The lowest BCUT2D eigenvalue weighted by atomic mass is 9.73. The molecule has 19 heavy (non-hydrogen) atoms. The molecule has 0 aliphatic carbocycles. The van der Waals surface area contributed by atoms with Crippen molar-refractivity contribution in [1.82, 2.24) is 0 Å². The smallest absolute Gasteiger partial charge is 0.155 e. The Balaban J connectivity index is 3.17. The number of hydrogen-bond donors (Lipinski definition) is 1. The van der Waals surface area contributed by atoms with E-state index in [1.165, 1.54) is 0 Å². The van der Waals surface area contributed by atoms with E-state index in [0.717, 1.165) is 6.42 Å². The zero-order valence-corrected chi connectivity index (χ0v) is 12.7. The number of terminal acetylenes is 1. The Morgan fingerprint density at radius 2 is 2.00 bits per heavy atom. The van der Waals surface area contributed by atoms with E-state index >= 15 is 0 Å². The van der Waals surface area contributed by atoms with E-state index in [1.807, 2.05) is 27.7 Å². The minimum Gasteiger partial charge on any atom is -0.492 e. The Bertz CT molecular complexity index is 483. The van der Waals surface area contributed by atoms with E-state index < -0.39 is 11.0 Å². The van der Waals surface area contributed by atoms with Crippen LogP contribution in [-0.2, 0) is 5.60 Å². The highest BCUT2D eigenvalue weighted by Gasteiger charge is 2.40. The van der Waals surface area contributed by atoms with Gasteiger partial charge >= 0.3 is 0 Å². The van der Waals surface area contributed by atoms with Crippen LogP contribution >= 0.6 is 11.6 Å². The molecule has 0 spiro atoms. The Morgan fingerprint density at radius 3 is 2.42 bits per heavy atom. The van der Waals surface area contributed by atoms with Gasteiger partial charge in [0.15, 0.2) is 5.60 Å². The molecule has 0 aromatic heterocycles. The molecular formula is C16H21ClO2. The largest absolute Gasteiger partial charge is 0.492 e. The summed E-state index contributed by atoms with van der Waals surface area (Å²) in [7, 11) is 0. The first-order valence-electron chi connectivity index (χ1n) is 6.39. The number of hydrogen-bond acceptors (Lipinski definition) is 2. The fourth-order valence-electron chi connectivity index (χ4n) is 1.79. The van der Waals surface area contributed by atoms with Gasteiger partial charge in [0.05, 0.1) is 11.6 Å². The monoisotopic (exact) mass is 280 g/mol. The number of halogens is 1. The van der Waals surface area contributed by atoms with Crippen molar-refractivity contribution < 1.29 is 9.84 Å². The van der Waals surface area contributed by atoms with Crippen molar-refractivity contribution in [3.63, 3.8) is 0 Å². The Hall–Kier alpha value is -1.17. The normalized spacial score (nSPS) is 14.6. The lowest BCUT2D eigenvalue weighted by Gasteiger charge is -2.36. The molecule has 0 saturated carbocycles. The Kier molecular flexibility index (Phi) is 4.90. The van der Waals surface area contributed by atoms with Crippen molar-refractivity contribution in [2.45, 2.75) is 39.7 Å². The fraction of sp³-hybridized carbons (Fsp3) is 0.500. The van der Waals surface area contributed by atoms with Crippen LogP contribution in [0.15, 0.2) is 18.2 Å². The molecule has 1 N–H and O–H groups in total. The third kappa shape index (κ3) is 3.23. The summed E-state index contributed by atoms with van der Waals surface area (Å²) in [4.78, 5) is 0. The van der Waals surface area contributed by atoms with Gasteiger partial charge in [0, 0.05) is 5.41 Å². The van der Waals surface area contributed by atoms with Crippen molar-refractivity contribution in [1.29, 1.82) is 0 Å². The highest BCUT2D eigenvalue weighted by Crippen LogP contribution is 2.40. The van der Waals surface area contributed by atoms with Crippen LogP contribution < -0.4 is 4.74 Å². The van der Waals surface area contributed by atoms with Gasteiger partial charge in [0.25, 0.3) is 0 Å². The van der Waals surface area contributed by atoms with Crippen molar-refractivity contribution in [2.24, 2.45) is 5.41 Å². The van der Waals surface area contributed by atoms with Gasteiger partial charge in [-0.2, -0.15) is 0 Å². The summed E-state index contributed by atoms with van der Waals surface area (Å²) in [5, 5.41) is 11.1. The molecule has 0 unspecified atom stereocenters. The minimum absolute atomic E-state index is 0.462. The van der Waals surface area contributed by atoms with Crippen LogP contribution in [0.25, 0.3) is 0 Å². The van der Waals surface area contributed by atoms with Crippen LogP contribution in [0.2, 0.25) is 5.02 Å². The van der Waals surface area contributed by atoms with E-state index in [0.29, 0.717) is 22.9 Å². The third-order valence-electron chi connectivity index (χ3n) is 3.11. The molecule has 0 saturated heterocycles. The predicted octanol–water partition coefficient (Wildman–Crippen LogP) is 4.00. The van der Waals surface area contributed by atoms with E-state index in [9.17, 15) is 5.11 Å². The maximum Gasteiger partial charge on any atom is 0.155 e. The number of benzene rings is 1. The van der Waals surface area contributed by atoms with Crippen molar-refractivity contribution in [2.75, 3.05) is 6.61 Å². The van der Waals surface area contributed by atoms with Crippen LogP contribution in [-0.4, -0.2) is 11.7 Å². The first kappa shape index (κ1) is 15.9. The summed E-state index contributed by atoms with van der Waals surface area (Å²) in [6.07, 6.45) is 6.43. The molecule has 0 amide bonds. The molecule has 1 rings (SSSR count). The lowest BCUT2D eigenvalue weighted by Crippen LogP contribution is -2.38. The summed E-state index contributed by atoms with van der Waals surface area (Å²) in [5.74, 6) is 3.09. The average Bonchev–Trinajstić information content (AvgIpc) is 2.34. The Labute approximate surface area is 120 Å². The van der Waals surface area contributed by atoms with Gasteiger partial charge in [-0.3, -0.25) is 0 Å². The van der Waals surface area contributed by atoms with Gasteiger partial charge in [-0.05, 0) is 24.1 Å². The van der Waals surface area contributed by atoms with E-state index in [-0.39, 0.29) is 0 Å². The second-order valence-electron chi connectivity index (χ2n) is 5.60. The fourth-order valence-corrected chi connectivity index (χ4v) is 2.02. The van der Waals surface area contributed by atoms with Crippen LogP contribution in [0, 0.1) is 17.8 Å². The quantitative estimate of drug-likeness (QED) is 0.845. The molecular weight excluding hydrogens is 260 g/mol. The molecule has 0 heterocycles. The molecule has 3 heteroatoms. The average molecular weight is 281 g/mol. The second-order valence-corrected chi connectivity index (χ2v) is 6.01. The molecule has 0 radical (unpaired) electrons. The maximum atomic E-state index is 10.7. The SMILES string of the molecule is C#C[C@](O)(c1ccc(OCCC)c(Cl)c1)C(C)(C)C. The van der Waals surface area contributed by atoms with Gasteiger partial charge in [-0.15, -0.1) is 6.42 Å². The molecule has 104 valence electrons. The van der Waals surface area contributed by atoms with Crippen LogP contribution in [0.5, 0.6) is 5.75 Å². The zero-order chi connectivity index (χ0) is 14.7. The molecule has 1 atom stereocenters. The van der Waals surface area contributed by atoms with E-state index in [4.69, 9.17) is 22.8 Å². The van der Waals surface area contributed by atoms with Gasteiger partial charge in [-0.25, -0.2) is 0 Å². The van der Waals surface area contributed by atoms with Gasteiger partial charge in [-0.1, -0.05) is 51.3 Å². The van der Waals surface area contributed by atoms with Gasteiger partial charge < -0.3 is 9.84 Å². The topological polar surface area (TPSA) is 29.5 Å². The van der Waals surface area contributed by atoms with E-state index in [1.54, 1.807) is 18.2 Å². The third-order valence-corrected chi connectivity index (χ3v) is 3.40. The summed E-state index contributed by atoms with van der Waals surface area (Å²) in [6.45, 7) is 8.31. The van der Waals surface area contributed by atoms with Crippen molar-refractivity contribution in [3.8, 4) is 18.1 Å². The lowest BCUT2D eigenvalue weighted by molar-refractivity contribution is -0.00888. The highest BCUT2D eigenvalue weighted by molar-refractivity contribution is 6.32. The standard InChI is InChI=1S/C16H21ClO2/c1-6-10-19-14-9-8-12(11-13(14)17)16(18,7-2)15(3,4)5/h2,8-9,11,18H,6,10H2,1,3-5H3/t16-/m0/s1. The summed E-state index contributed by atoms with van der Waals surface area (Å²) in [6, 6.07) is 5.20. The molecule has 0 aliphatic heterocycles. The molecule has 0 fully saturated rings. The van der Waals surface area contributed by atoms with Gasteiger partial charge in [0.1, 0.15) is 5.75 Å². The molecule has 2 nitrogen and oxygen atoms in total. The molecule has 1 aromatic rings. The molecule has 0 bridgehead atoms. The van der Waals surface area contributed by atoms with Crippen LogP contribution in [0.1, 0.15) is 39.7 Å². The number of rotatable bonds is 4. The first-order valence-corrected chi connectivity index (χ1v) is 6.77. The number of ether oxygens (including phenoxy) is 1. The molecule has 1 aromatic carbocycles. The predicted molar refractivity (Wildman–Crippen MR) is 79.4 cm³/mol. The summed E-state index contributed by atoms with van der Waals surface area (Å²) >= 11 is 6.17. The second kappa shape index (κ2) is 5.86. The van der Waals surface area contributed by atoms with Gasteiger partial charge in [0.2, 0.25) is 0 Å². The van der Waals surface area contributed by atoms with Crippen molar-refractivity contribution >= 4 is 11.6 Å². The highest BCUT2D eigenvalue weighted by atomic mass is 35.5. The zero-order valence-electron chi connectivity index (χ0n) is 12.0. The van der Waals surface area contributed by atoms with Crippen LogP contribution in [0.4, 0.5) is 0 Å². The summed E-state index contributed by atoms with van der Waals surface area (Å²) < 4.78 is 5.51.